The van der Waals surface area contributed by atoms with Crippen LogP contribution in [0.4, 0.5) is 0 Å². The molecule has 2 aromatic carbocycles. The first-order chi connectivity index (χ1) is 11.9. The van der Waals surface area contributed by atoms with E-state index in [1.54, 1.807) is 31.2 Å². The van der Waals surface area contributed by atoms with Gasteiger partial charge >= 0.3 is 0 Å². The Bertz CT molecular complexity index is 850. The topological polar surface area (TPSA) is 54.5 Å². The van der Waals surface area contributed by atoms with Crippen molar-refractivity contribution in [3.63, 3.8) is 0 Å². The summed E-state index contributed by atoms with van der Waals surface area (Å²) in [6.07, 6.45) is 1.02. The highest BCUT2D eigenvalue weighted by Gasteiger charge is 2.42. The summed E-state index contributed by atoms with van der Waals surface area (Å²) >= 11 is 0. The Labute approximate surface area is 149 Å². The fourth-order valence-electron chi connectivity index (χ4n) is 3.57. The van der Waals surface area contributed by atoms with Crippen LogP contribution in [0, 0.1) is 6.92 Å². The smallest absolute Gasteiger partial charge is 0.243 e. The van der Waals surface area contributed by atoms with Gasteiger partial charge in [0.2, 0.25) is 10.0 Å². The minimum atomic E-state index is -3.51. The third-order valence-electron chi connectivity index (χ3n) is 5.24. The van der Waals surface area contributed by atoms with Gasteiger partial charge in [-0.15, -0.1) is 0 Å². The summed E-state index contributed by atoms with van der Waals surface area (Å²) in [5.74, 6) is 0.103. The van der Waals surface area contributed by atoms with Crippen molar-refractivity contribution in [1.82, 2.24) is 4.31 Å². The molecule has 3 rings (SSSR count). The number of sulfonamides is 1. The van der Waals surface area contributed by atoms with E-state index in [-0.39, 0.29) is 5.78 Å². The molecule has 0 aromatic heterocycles. The van der Waals surface area contributed by atoms with Crippen molar-refractivity contribution in [3.8, 4) is 0 Å². The molecule has 0 aliphatic carbocycles. The van der Waals surface area contributed by atoms with Crippen LogP contribution in [-0.2, 0) is 20.2 Å². The van der Waals surface area contributed by atoms with Crippen LogP contribution in [-0.4, -0.2) is 31.6 Å². The number of rotatable bonds is 4. The second kappa shape index (κ2) is 6.73. The zero-order chi connectivity index (χ0) is 18.1. The van der Waals surface area contributed by atoms with Gasteiger partial charge in [-0.3, -0.25) is 4.79 Å². The zero-order valence-corrected chi connectivity index (χ0v) is 15.4. The molecule has 0 bridgehead atoms. The van der Waals surface area contributed by atoms with Crippen LogP contribution in [0.5, 0.6) is 0 Å². The van der Waals surface area contributed by atoms with Crippen LogP contribution in [0.15, 0.2) is 59.5 Å². The molecule has 0 unspecified atom stereocenters. The Morgan fingerprint density at radius 2 is 1.52 bits per heavy atom. The van der Waals surface area contributed by atoms with Gasteiger partial charge in [-0.1, -0.05) is 48.0 Å². The van der Waals surface area contributed by atoms with E-state index >= 15 is 0 Å². The number of hydrogen-bond acceptors (Lipinski definition) is 3. The lowest BCUT2D eigenvalue weighted by Gasteiger charge is -2.40. The lowest BCUT2D eigenvalue weighted by molar-refractivity contribution is -0.123. The molecule has 0 atom stereocenters. The van der Waals surface area contributed by atoms with Crippen molar-refractivity contribution < 1.29 is 13.2 Å². The van der Waals surface area contributed by atoms with E-state index in [4.69, 9.17) is 0 Å². The van der Waals surface area contributed by atoms with Gasteiger partial charge in [0.25, 0.3) is 0 Å². The van der Waals surface area contributed by atoms with Crippen LogP contribution in [0.1, 0.15) is 30.9 Å². The van der Waals surface area contributed by atoms with E-state index in [1.165, 1.54) is 4.31 Å². The number of ketones is 1. The van der Waals surface area contributed by atoms with Crippen LogP contribution in [0.3, 0.4) is 0 Å². The monoisotopic (exact) mass is 357 g/mol. The molecular formula is C20H23NO3S. The summed E-state index contributed by atoms with van der Waals surface area (Å²) in [6.45, 7) is 4.24. The number of carbonyl (C=O) groups excluding carboxylic acids is 1. The average Bonchev–Trinajstić information content (AvgIpc) is 2.62. The molecule has 0 spiro atoms. The molecule has 1 fully saturated rings. The molecule has 1 aliphatic heterocycles. The summed E-state index contributed by atoms with van der Waals surface area (Å²) in [7, 11) is -3.51. The molecule has 132 valence electrons. The lowest BCUT2D eigenvalue weighted by atomic mass is 9.70. The number of Topliss-reactive ketones (excluding diaryl/α,β-unsaturated/α-hetero) is 1. The van der Waals surface area contributed by atoms with E-state index < -0.39 is 15.4 Å². The maximum absolute atomic E-state index is 12.9. The first-order valence-electron chi connectivity index (χ1n) is 8.50. The van der Waals surface area contributed by atoms with Crippen LogP contribution >= 0.6 is 0 Å². The minimum Gasteiger partial charge on any atom is -0.299 e. The van der Waals surface area contributed by atoms with E-state index in [0.29, 0.717) is 30.8 Å². The van der Waals surface area contributed by atoms with Crippen molar-refractivity contribution in [3.05, 3.63) is 65.7 Å². The molecule has 1 saturated heterocycles. The van der Waals surface area contributed by atoms with Crippen LogP contribution in [0.2, 0.25) is 0 Å². The molecule has 1 aliphatic rings. The normalized spacial score (nSPS) is 18.0. The van der Waals surface area contributed by atoms with Gasteiger partial charge < -0.3 is 0 Å². The Balaban J connectivity index is 1.85. The molecule has 5 heteroatoms. The number of piperidine rings is 1. The summed E-state index contributed by atoms with van der Waals surface area (Å²) < 4.78 is 27.2. The van der Waals surface area contributed by atoms with Gasteiger partial charge in [0.15, 0.2) is 0 Å². The number of benzene rings is 2. The molecule has 25 heavy (non-hydrogen) atoms. The third-order valence-corrected chi connectivity index (χ3v) is 7.15. The summed E-state index contributed by atoms with van der Waals surface area (Å²) in [6, 6.07) is 16.6. The number of carbonyl (C=O) groups is 1. The number of aryl methyl sites for hydroxylation is 1. The molecule has 0 saturated carbocycles. The summed E-state index contributed by atoms with van der Waals surface area (Å²) in [4.78, 5) is 12.7. The first kappa shape index (κ1) is 17.8. The lowest BCUT2D eigenvalue weighted by Crippen LogP contribution is -2.48. The summed E-state index contributed by atoms with van der Waals surface area (Å²) in [5, 5.41) is 0. The van der Waals surface area contributed by atoms with E-state index in [9.17, 15) is 13.2 Å². The average molecular weight is 357 g/mol. The van der Waals surface area contributed by atoms with E-state index in [2.05, 4.69) is 0 Å². The Kier molecular flexibility index (Phi) is 4.80. The molecular weight excluding hydrogens is 334 g/mol. The van der Waals surface area contributed by atoms with Crippen molar-refractivity contribution in [2.45, 2.75) is 37.0 Å². The third kappa shape index (κ3) is 3.26. The predicted octanol–water partition coefficient (Wildman–Crippen LogP) is 3.31. The van der Waals surface area contributed by atoms with Gasteiger partial charge in [-0.05, 0) is 44.4 Å². The zero-order valence-electron chi connectivity index (χ0n) is 14.6. The first-order valence-corrected chi connectivity index (χ1v) is 9.94. The highest BCUT2D eigenvalue weighted by Crippen LogP contribution is 2.37. The van der Waals surface area contributed by atoms with Gasteiger partial charge in [-0.2, -0.15) is 4.31 Å². The highest BCUT2D eigenvalue weighted by molar-refractivity contribution is 7.89. The maximum Gasteiger partial charge on any atom is 0.243 e. The van der Waals surface area contributed by atoms with Gasteiger partial charge in [-0.25, -0.2) is 8.42 Å². The van der Waals surface area contributed by atoms with Gasteiger partial charge in [0.05, 0.1) is 10.3 Å². The van der Waals surface area contributed by atoms with E-state index in [1.807, 2.05) is 37.3 Å². The molecule has 0 N–H and O–H groups in total. The predicted molar refractivity (Wildman–Crippen MR) is 98.0 cm³/mol. The van der Waals surface area contributed by atoms with Crippen LogP contribution < -0.4 is 0 Å². The summed E-state index contributed by atoms with van der Waals surface area (Å²) in [5.41, 5.74) is 1.42. The second-order valence-corrected chi connectivity index (χ2v) is 8.66. The Hall–Kier alpha value is -1.98. The van der Waals surface area contributed by atoms with Gasteiger partial charge in [0, 0.05) is 13.1 Å². The largest absolute Gasteiger partial charge is 0.299 e. The number of hydrogen-bond donors (Lipinski definition) is 0. The van der Waals surface area contributed by atoms with Crippen molar-refractivity contribution in [1.29, 1.82) is 0 Å². The van der Waals surface area contributed by atoms with Crippen molar-refractivity contribution >= 4 is 15.8 Å². The molecule has 0 radical (unpaired) electrons. The molecule has 1 heterocycles. The maximum atomic E-state index is 12.9. The number of nitrogens with zero attached hydrogens (tertiary/aromatic N) is 1. The fourth-order valence-corrected chi connectivity index (χ4v) is 5.01. The molecule has 0 amide bonds. The van der Waals surface area contributed by atoms with Crippen molar-refractivity contribution in [2.24, 2.45) is 0 Å². The van der Waals surface area contributed by atoms with Gasteiger partial charge in [0.1, 0.15) is 5.78 Å². The SMILES string of the molecule is CC(=O)C1(c2ccccc2)CCN(S(=O)(=O)c2ccc(C)cc2)CC1. The minimum absolute atomic E-state index is 0.103. The molecule has 4 nitrogen and oxygen atoms in total. The Morgan fingerprint density at radius 3 is 2.04 bits per heavy atom. The highest BCUT2D eigenvalue weighted by atomic mass is 32.2. The second-order valence-electron chi connectivity index (χ2n) is 6.72. The molecule has 2 aromatic rings. The Morgan fingerprint density at radius 1 is 0.960 bits per heavy atom. The van der Waals surface area contributed by atoms with Crippen LogP contribution in [0.25, 0.3) is 0 Å². The van der Waals surface area contributed by atoms with Crippen molar-refractivity contribution in [2.75, 3.05) is 13.1 Å². The fraction of sp³-hybridized carbons (Fsp3) is 0.350. The quantitative estimate of drug-likeness (QED) is 0.843. The standard InChI is InChI=1S/C20H23NO3S/c1-16-8-10-19(11-9-16)25(23,24)21-14-12-20(13-15-21,17(2)22)18-6-4-3-5-7-18/h3-11H,12-15H2,1-2H3. The van der Waals surface area contributed by atoms with E-state index in [0.717, 1.165) is 11.1 Å².